The van der Waals surface area contributed by atoms with Crippen molar-refractivity contribution >= 4 is 17.5 Å². The van der Waals surface area contributed by atoms with Crippen molar-refractivity contribution in [3.8, 4) is 17.2 Å². The third-order valence-electron chi connectivity index (χ3n) is 4.92. The number of nitrogens with zero attached hydrogens (tertiary/aromatic N) is 2. The highest BCUT2D eigenvalue weighted by atomic mass is 16.7. The van der Waals surface area contributed by atoms with Gasteiger partial charge < -0.3 is 24.0 Å². The number of ether oxygens (including phenoxy) is 3. The Bertz CT molecular complexity index is 880. The van der Waals surface area contributed by atoms with E-state index in [2.05, 4.69) is 0 Å². The zero-order chi connectivity index (χ0) is 19.0. The number of hydrogen-bond donors (Lipinski definition) is 0. The molecule has 0 N–H and O–H groups in total. The second kappa shape index (κ2) is 6.83. The normalized spacial score (nSPS) is 18.6. The topological polar surface area (TPSA) is 68.3 Å². The summed E-state index contributed by atoms with van der Waals surface area (Å²) in [5.41, 5.74) is 1.28. The van der Waals surface area contributed by atoms with Crippen LogP contribution >= 0.6 is 0 Å². The molecule has 2 heterocycles. The van der Waals surface area contributed by atoms with Crippen molar-refractivity contribution in [2.75, 3.05) is 31.9 Å². The molecule has 2 amide bonds. The monoisotopic (exact) mass is 368 g/mol. The van der Waals surface area contributed by atoms with Gasteiger partial charge in [0.2, 0.25) is 12.7 Å². The van der Waals surface area contributed by atoms with E-state index in [0.29, 0.717) is 35.9 Å². The molecule has 4 rings (SSSR count). The third-order valence-corrected chi connectivity index (χ3v) is 4.92. The Labute approximate surface area is 157 Å². The van der Waals surface area contributed by atoms with E-state index in [-0.39, 0.29) is 18.6 Å². The first-order valence-electron chi connectivity index (χ1n) is 8.74. The van der Waals surface area contributed by atoms with Gasteiger partial charge in [-0.15, -0.1) is 0 Å². The van der Waals surface area contributed by atoms with Crippen LogP contribution in [0.3, 0.4) is 0 Å². The van der Waals surface area contributed by atoms with Crippen LogP contribution < -0.4 is 19.1 Å². The van der Waals surface area contributed by atoms with Gasteiger partial charge in [-0.1, -0.05) is 0 Å². The van der Waals surface area contributed by atoms with Gasteiger partial charge in [-0.2, -0.15) is 0 Å². The fourth-order valence-corrected chi connectivity index (χ4v) is 3.36. The van der Waals surface area contributed by atoms with E-state index < -0.39 is 6.04 Å². The first kappa shape index (κ1) is 17.2. The molecule has 2 aliphatic rings. The lowest BCUT2D eigenvalue weighted by molar-refractivity contribution is -0.124. The molecule has 0 aromatic heterocycles. The molecule has 7 heteroatoms. The number of piperazine rings is 1. The van der Waals surface area contributed by atoms with Crippen LogP contribution in [0.25, 0.3) is 0 Å². The van der Waals surface area contributed by atoms with E-state index >= 15 is 0 Å². The van der Waals surface area contributed by atoms with Gasteiger partial charge in [0.1, 0.15) is 11.8 Å². The van der Waals surface area contributed by atoms with Crippen LogP contribution in [0.4, 0.5) is 5.69 Å². The number of benzene rings is 2. The summed E-state index contributed by atoms with van der Waals surface area (Å²) in [5, 5.41) is 0. The van der Waals surface area contributed by atoms with Crippen LogP contribution in [-0.4, -0.2) is 49.7 Å². The number of anilines is 1. The smallest absolute Gasteiger partial charge is 0.254 e. The van der Waals surface area contributed by atoms with Crippen LogP contribution in [0.2, 0.25) is 0 Å². The first-order chi connectivity index (χ1) is 13.1. The highest BCUT2D eigenvalue weighted by molar-refractivity contribution is 6.03. The van der Waals surface area contributed by atoms with Gasteiger partial charge in [0, 0.05) is 30.4 Å². The molecule has 1 saturated heterocycles. The quantitative estimate of drug-likeness (QED) is 0.832. The number of fused-ring (bicyclic) bond motifs is 1. The first-order valence-corrected chi connectivity index (χ1v) is 8.74. The molecule has 1 atom stereocenters. The lowest BCUT2D eigenvalue weighted by atomic mass is 10.1. The van der Waals surface area contributed by atoms with Crippen molar-refractivity contribution < 1.29 is 23.8 Å². The molecule has 0 aliphatic carbocycles. The highest BCUT2D eigenvalue weighted by Gasteiger charge is 2.35. The lowest BCUT2D eigenvalue weighted by Crippen LogP contribution is -2.57. The van der Waals surface area contributed by atoms with Gasteiger partial charge in [0.05, 0.1) is 7.11 Å². The molecule has 27 heavy (non-hydrogen) atoms. The summed E-state index contributed by atoms with van der Waals surface area (Å²) in [6, 6.07) is 11.8. The van der Waals surface area contributed by atoms with Crippen molar-refractivity contribution in [3.63, 3.8) is 0 Å². The van der Waals surface area contributed by atoms with E-state index in [0.717, 1.165) is 5.69 Å². The second-order valence-electron chi connectivity index (χ2n) is 6.43. The van der Waals surface area contributed by atoms with Crippen molar-refractivity contribution in [2.45, 2.75) is 13.0 Å². The molecule has 2 aromatic rings. The van der Waals surface area contributed by atoms with Gasteiger partial charge in [-0.3, -0.25) is 9.59 Å². The van der Waals surface area contributed by atoms with Crippen LogP contribution in [-0.2, 0) is 4.79 Å². The average molecular weight is 368 g/mol. The molecular formula is C20H20N2O5. The number of amides is 2. The van der Waals surface area contributed by atoms with Crippen molar-refractivity contribution in [1.82, 2.24) is 4.90 Å². The maximum Gasteiger partial charge on any atom is 0.254 e. The highest BCUT2D eigenvalue weighted by Crippen LogP contribution is 2.36. The number of rotatable bonds is 3. The zero-order valence-corrected chi connectivity index (χ0v) is 15.2. The van der Waals surface area contributed by atoms with Crippen LogP contribution in [0.15, 0.2) is 42.5 Å². The minimum absolute atomic E-state index is 0.123. The minimum atomic E-state index is -0.557. The Morgan fingerprint density at radius 1 is 1.07 bits per heavy atom. The summed E-state index contributed by atoms with van der Waals surface area (Å²) in [6.45, 7) is 2.81. The number of carbonyl (C=O) groups is 2. The molecule has 0 radical (unpaired) electrons. The molecule has 7 nitrogen and oxygen atoms in total. The Morgan fingerprint density at radius 2 is 1.81 bits per heavy atom. The Hall–Kier alpha value is -3.22. The van der Waals surface area contributed by atoms with Crippen molar-refractivity contribution in [2.24, 2.45) is 0 Å². The molecule has 0 saturated carbocycles. The lowest BCUT2D eigenvalue weighted by Gasteiger charge is -2.39. The second-order valence-corrected chi connectivity index (χ2v) is 6.43. The van der Waals surface area contributed by atoms with E-state index in [4.69, 9.17) is 14.2 Å². The molecule has 2 aliphatic heterocycles. The van der Waals surface area contributed by atoms with Crippen molar-refractivity contribution in [3.05, 3.63) is 48.0 Å². The molecule has 140 valence electrons. The number of methoxy groups -OCH3 is 1. The Kier molecular flexibility index (Phi) is 4.35. The molecule has 1 fully saturated rings. The average Bonchev–Trinajstić information content (AvgIpc) is 3.17. The molecule has 1 unspecified atom stereocenters. The maximum absolute atomic E-state index is 12.9. The van der Waals surface area contributed by atoms with Gasteiger partial charge in [0.15, 0.2) is 11.5 Å². The van der Waals surface area contributed by atoms with Crippen LogP contribution in [0, 0.1) is 0 Å². The van der Waals surface area contributed by atoms with Crippen molar-refractivity contribution in [1.29, 1.82) is 0 Å². The predicted molar refractivity (Wildman–Crippen MR) is 98.4 cm³/mol. The van der Waals surface area contributed by atoms with E-state index in [1.807, 2.05) is 6.07 Å². The minimum Gasteiger partial charge on any atom is -0.497 e. The van der Waals surface area contributed by atoms with Gasteiger partial charge in [-0.05, 0) is 43.3 Å². The Balaban J connectivity index is 1.51. The van der Waals surface area contributed by atoms with E-state index in [9.17, 15) is 9.59 Å². The van der Waals surface area contributed by atoms with E-state index in [1.165, 1.54) is 0 Å². The summed E-state index contributed by atoms with van der Waals surface area (Å²) < 4.78 is 15.8. The Morgan fingerprint density at radius 3 is 2.56 bits per heavy atom. The largest absolute Gasteiger partial charge is 0.497 e. The standard InChI is InChI=1S/C20H20N2O5/c1-13-19(23)22(15-5-8-17-18(11-15)27-12-26-17)10-9-21(13)20(24)14-3-6-16(25-2)7-4-14/h3-8,11,13H,9-10,12H2,1-2H3. The fourth-order valence-electron chi connectivity index (χ4n) is 3.36. The maximum atomic E-state index is 12.9. The predicted octanol–water partition coefficient (Wildman–Crippen LogP) is 2.30. The van der Waals surface area contributed by atoms with Gasteiger partial charge >= 0.3 is 0 Å². The summed E-state index contributed by atoms with van der Waals surface area (Å²) >= 11 is 0. The summed E-state index contributed by atoms with van der Waals surface area (Å²) in [7, 11) is 1.58. The summed E-state index contributed by atoms with van der Waals surface area (Å²) in [4.78, 5) is 29.0. The molecule has 0 bridgehead atoms. The SMILES string of the molecule is COc1ccc(C(=O)N2CCN(c3ccc4c(c3)OCO4)C(=O)C2C)cc1. The molecule has 2 aromatic carbocycles. The zero-order valence-electron chi connectivity index (χ0n) is 15.2. The van der Waals surface area contributed by atoms with Crippen LogP contribution in [0.1, 0.15) is 17.3 Å². The van der Waals surface area contributed by atoms with Gasteiger partial charge in [0.25, 0.3) is 5.91 Å². The number of carbonyl (C=O) groups excluding carboxylic acids is 2. The third kappa shape index (κ3) is 3.05. The van der Waals surface area contributed by atoms with Gasteiger partial charge in [-0.25, -0.2) is 0 Å². The summed E-state index contributed by atoms with van der Waals surface area (Å²) in [6.07, 6.45) is 0. The molecule has 0 spiro atoms. The van der Waals surface area contributed by atoms with E-state index in [1.54, 1.807) is 60.2 Å². The summed E-state index contributed by atoms with van der Waals surface area (Å²) in [5.74, 6) is 1.70. The fraction of sp³-hybridized carbons (Fsp3) is 0.300. The van der Waals surface area contributed by atoms with Crippen LogP contribution in [0.5, 0.6) is 17.2 Å². The number of hydrogen-bond acceptors (Lipinski definition) is 5. The molecular weight excluding hydrogens is 348 g/mol.